The molecule has 0 radical (unpaired) electrons. The normalized spacial score (nSPS) is 18.3. The Balaban J connectivity index is 1.70. The first-order valence-corrected chi connectivity index (χ1v) is 9.95. The molecule has 3 aromatic rings. The highest BCUT2D eigenvalue weighted by molar-refractivity contribution is 6.07. The predicted octanol–water partition coefficient (Wildman–Crippen LogP) is 6.03. The SMILES string of the molecule is Cc1ccc(N[C@H]2C[C@H](C)N(C(=O)c3ccc(F)cc3)c3cc(C)ccc32)cc1. The molecule has 0 saturated heterocycles. The third kappa shape index (κ3) is 3.88. The van der Waals surface area contributed by atoms with Crippen molar-refractivity contribution in [3.05, 3.63) is 94.8 Å². The molecule has 1 aliphatic rings. The number of amides is 1. The number of aryl methyl sites for hydroxylation is 2. The summed E-state index contributed by atoms with van der Waals surface area (Å²) in [5.41, 5.74) is 5.91. The van der Waals surface area contributed by atoms with E-state index in [1.807, 2.05) is 11.8 Å². The summed E-state index contributed by atoms with van der Waals surface area (Å²) >= 11 is 0. The Hall–Kier alpha value is -3.14. The van der Waals surface area contributed by atoms with E-state index in [9.17, 15) is 9.18 Å². The number of rotatable bonds is 3. The Kier molecular flexibility index (Phi) is 5.10. The maximum atomic E-state index is 13.3. The number of benzene rings is 3. The monoisotopic (exact) mass is 388 g/mol. The smallest absolute Gasteiger partial charge is 0.258 e. The third-order valence-electron chi connectivity index (χ3n) is 5.54. The topological polar surface area (TPSA) is 32.3 Å². The first-order valence-electron chi connectivity index (χ1n) is 9.95. The van der Waals surface area contributed by atoms with Crippen LogP contribution in [0.4, 0.5) is 15.8 Å². The zero-order valence-electron chi connectivity index (χ0n) is 16.9. The summed E-state index contributed by atoms with van der Waals surface area (Å²) in [6, 6.07) is 20.5. The molecule has 0 spiro atoms. The van der Waals surface area contributed by atoms with Crippen LogP contribution in [0.15, 0.2) is 66.7 Å². The van der Waals surface area contributed by atoms with Gasteiger partial charge in [0.15, 0.2) is 0 Å². The van der Waals surface area contributed by atoms with Crippen molar-refractivity contribution in [1.29, 1.82) is 0 Å². The van der Waals surface area contributed by atoms with Crippen LogP contribution in [0, 0.1) is 19.7 Å². The zero-order chi connectivity index (χ0) is 20.5. The van der Waals surface area contributed by atoms with Crippen molar-refractivity contribution in [3.63, 3.8) is 0 Å². The Morgan fingerprint density at radius 1 is 0.966 bits per heavy atom. The van der Waals surface area contributed by atoms with Crippen LogP contribution >= 0.6 is 0 Å². The maximum Gasteiger partial charge on any atom is 0.258 e. The van der Waals surface area contributed by atoms with Gasteiger partial charge in [0.25, 0.3) is 5.91 Å². The number of nitrogens with zero attached hydrogens (tertiary/aromatic N) is 1. The maximum absolute atomic E-state index is 13.3. The average molecular weight is 388 g/mol. The molecule has 0 fully saturated rings. The summed E-state index contributed by atoms with van der Waals surface area (Å²) in [6.07, 6.45) is 0.789. The lowest BCUT2D eigenvalue weighted by molar-refractivity contribution is 0.0974. The summed E-state index contributed by atoms with van der Waals surface area (Å²) < 4.78 is 13.3. The van der Waals surface area contributed by atoms with E-state index in [1.54, 1.807) is 12.1 Å². The van der Waals surface area contributed by atoms with Gasteiger partial charge in [-0.2, -0.15) is 0 Å². The quantitative estimate of drug-likeness (QED) is 0.594. The van der Waals surface area contributed by atoms with Gasteiger partial charge in [-0.15, -0.1) is 0 Å². The molecule has 0 unspecified atom stereocenters. The fourth-order valence-electron chi connectivity index (χ4n) is 4.00. The van der Waals surface area contributed by atoms with E-state index in [0.29, 0.717) is 5.56 Å². The predicted molar refractivity (Wildman–Crippen MR) is 116 cm³/mol. The number of nitrogens with one attached hydrogen (secondary N) is 1. The molecule has 1 N–H and O–H groups in total. The molecule has 1 amide bonds. The van der Waals surface area contributed by atoms with Crippen LogP contribution in [-0.4, -0.2) is 11.9 Å². The van der Waals surface area contributed by atoms with Crippen molar-refractivity contribution in [2.24, 2.45) is 0 Å². The van der Waals surface area contributed by atoms with Crippen LogP contribution in [0.3, 0.4) is 0 Å². The van der Waals surface area contributed by atoms with E-state index in [4.69, 9.17) is 0 Å². The fourth-order valence-corrected chi connectivity index (χ4v) is 4.00. The second kappa shape index (κ2) is 7.70. The van der Waals surface area contributed by atoms with Crippen molar-refractivity contribution in [1.82, 2.24) is 0 Å². The van der Waals surface area contributed by atoms with Gasteiger partial charge in [-0.25, -0.2) is 4.39 Å². The van der Waals surface area contributed by atoms with Gasteiger partial charge < -0.3 is 10.2 Å². The van der Waals surface area contributed by atoms with Crippen LogP contribution in [0.25, 0.3) is 0 Å². The lowest BCUT2D eigenvalue weighted by atomic mass is 9.90. The lowest BCUT2D eigenvalue weighted by Gasteiger charge is -2.40. The Bertz CT molecular complexity index is 1030. The van der Waals surface area contributed by atoms with E-state index in [2.05, 4.69) is 61.6 Å². The highest BCUT2D eigenvalue weighted by atomic mass is 19.1. The van der Waals surface area contributed by atoms with Crippen molar-refractivity contribution in [2.45, 2.75) is 39.3 Å². The van der Waals surface area contributed by atoms with Gasteiger partial charge in [-0.3, -0.25) is 4.79 Å². The van der Waals surface area contributed by atoms with Crippen LogP contribution in [-0.2, 0) is 0 Å². The van der Waals surface area contributed by atoms with Crippen LogP contribution in [0.1, 0.15) is 46.4 Å². The molecular formula is C25H25FN2O. The van der Waals surface area contributed by atoms with E-state index in [1.165, 1.54) is 17.7 Å². The number of fused-ring (bicyclic) bond motifs is 1. The Morgan fingerprint density at radius 3 is 2.31 bits per heavy atom. The fraction of sp³-hybridized carbons (Fsp3) is 0.240. The second-order valence-electron chi connectivity index (χ2n) is 7.89. The van der Waals surface area contributed by atoms with Gasteiger partial charge in [-0.1, -0.05) is 29.8 Å². The molecule has 4 rings (SSSR count). The van der Waals surface area contributed by atoms with Gasteiger partial charge in [0.1, 0.15) is 5.82 Å². The summed E-state index contributed by atoms with van der Waals surface area (Å²) in [7, 11) is 0. The number of hydrogen-bond acceptors (Lipinski definition) is 2. The number of carbonyl (C=O) groups excluding carboxylic acids is 1. The average Bonchev–Trinajstić information content (AvgIpc) is 2.70. The molecule has 1 aliphatic heterocycles. The van der Waals surface area contributed by atoms with Crippen molar-refractivity contribution in [3.8, 4) is 0 Å². The zero-order valence-corrected chi connectivity index (χ0v) is 16.9. The minimum Gasteiger partial charge on any atom is -0.378 e. The second-order valence-corrected chi connectivity index (χ2v) is 7.89. The van der Waals surface area contributed by atoms with E-state index >= 15 is 0 Å². The first kappa shape index (κ1) is 19.2. The minimum atomic E-state index is -0.341. The Labute approximate surface area is 171 Å². The summed E-state index contributed by atoms with van der Waals surface area (Å²) in [5.74, 6) is -0.440. The van der Waals surface area contributed by atoms with Crippen LogP contribution in [0.5, 0.6) is 0 Å². The molecule has 3 aromatic carbocycles. The first-order chi connectivity index (χ1) is 13.9. The van der Waals surface area contributed by atoms with E-state index < -0.39 is 0 Å². The Morgan fingerprint density at radius 2 is 1.62 bits per heavy atom. The highest BCUT2D eigenvalue weighted by Crippen LogP contribution is 2.40. The number of halogens is 1. The summed E-state index contributed by atoms with van der Waals surface area (Å²) in [6.45, 7) is 6.17. The standard InChI is InChI=1S/C25H25FN2O/c1-16-4-11-21(12-5-16)27-23-15-18(3)28(24-14-17(2)6-13-22(23)24)25(29)19-7-9-20(26)10-8-19/h4-14,18,23,27H,15H2,1-3H3/t18-,23-/m0/s1. The lowest BCUT2D eigenvalue weighted by Crippen LogP contribution is -2.44. The van der Waals surface area contributed by atoms with E-state index in [-0.39, 0.29) is 23.8 Å². The molecule has 148 valence electrons. The van der Waals surface area contributed by atoms with Gasteiger partial charge in [0, 0.05) is 23.0 Å². The van der Waals surface area contributed by atoms with Gasteiger partial charge >= 0.3 is 0 Å². The molecule has 0 aliphatic carbocycles. The number of anilines is 2. The molecule has 0 aromatic heterocycles. The molecule has 2 atom stereocenters. The number of carbonyl (C=O) groups is 1. The highest BCUT2D eigenvalue weighted by Gasteiger charge is 2.34. The molecule has 3 nitrogen and oxygen atoms in total. The molecule has 0 bridgehead atoms. The van der Waals surface area contributed by atoms with E-state index in [0.717, 1.165) is 28.9 Å². The molecule has 0 saturated carbocycles. The molecule has 1 heterocycles. The molecule has 4 heteroatoms. The van der Waals surface area contributed by atoms with Crippen LogP contribution in [0.2, 0.25) is 0 Å². The van der Waals surface area contributed by atoms with Crippen molar-refractivity contribution in [2.75, 3.05) is 10.2 Å². The molecule has 29 heavy (non-hydrogen) atoms. The largest absolute Gasteiger partial charge is 0.378 e. The van der Waals surface area contributed by atoms with Gasteiger partial charge in [0.2, 0.25) is 0 Å². The minimum absolute atomic E-state index is 0.00445. The summed E-state index contributed by atoms with van der Waals surface area (Å²) in [5, 5.41) is 3.63. The molecular weight excluding hydrogens is 363 g/mol. The van der Waals surface area contributed by atoms with Gasteiger partial charge in [0.05, 0.1) is 6.04 Å². The van der Waals surface area contributed by atoms with Crippen LogP contribution < -0.4 is 10.2 Å². The van der Waals surface area contributed by atoms with Gasteiger partial charge in [-0.05, 0) is 80.8 Å². The summed E-state index contributed by atoms with van der Waals surface area (Å²) in [4.78, 5) is 15.1. The number of hydrogen-bond donors (Lipinski definition) is 1. The van der Waals surface area contributed by atoms with Crippen molar-refractivity contribution >= 4 is 17.3 Å². The van der Waals surface area contributed by atoms with Crippen molar-refractivity contribution < 1.29 is 9.18 Å². The third-order valence-corrected chi connectivity index (χ3v) is 5.54.